The van der Waals surface area contributed by atoms with Crippen LogP contribution in [-0.4, -0.2) is 60.2 Å². The monoisotopic (exact) mass is 592 g/mol. The van der Waals surface area contributed by atoms with Crippen molar-refractivity contribution in [2.75, 3.05) is 32.7 Å². The van der Waals surface area contributed by atoms with Gasteiger partial charge in [0.1, 0.15) is 11.6 Å². The van der Waals surface area contributed by atoms with Crippen LogP contribution in [0.5, 0.6) is 0 Å². The number of piperazine rings is 1. The first-order valence-corrected chi connectivity index (χ1v) is 13.9. The zero-order chi connectivity index (χ0) is 30.1. The summed E-state index contributed by atoms with van der Waals surface area (Å²) < 4.78 is 29.4. The summed E-state index contributed by atoms with van der Waals surface area (Å²) in [6, 6.07) is 19.7. The third-order valence-electron chi connectivity index (χ3n) is 6.81. The third kappa shape index (κ3) is 7.48. The number of rotatable bonds is 7. The SMILES string of the molecule is Cc1c(F)ccc(F)c1-c1c(C(=O)NCCC(=O)N2CCNCC2)c[nH]c1C(=O)c1ccccc1.Clc1ccccc1. The van der Waals surface area contributed by atoms with Gasteiger partial charge < -0.3 is 20.5 Å². The van der Waals surface area contributed by atoms with Crippen LogP contribution in [0.15, 0.2) is 79.0 Å². The number of nitrogens with zero attached hydrogens (tertiary/aromatic N) is 1. The van der Waals surface area contributed by atoms with Crippen LogP contribution in [0.2, 0.25) is 5.02 Å². The quantitative estimate of drug-likeness (QED) is 0.251. The maximum atomic E-state index is 15.0. The molecule has 5 rings (SSSR count). The van der Waals surface area contributed by atoms with E-state index >= 15 is 0 Å². The van der Waals surface area contributed by atoms with Crippen molar-refractivity contribution in [3.8, 4) is 11.1 Å². The summed E-state index contributed by atoms with van der Waals surface area (Å²) >= 11 is 5.54. The average molecular weight is 593 g/mol. The largest absolute Gasteiger partial charge is 0.357 e. The molecule has 1 fully saturated rings. The maximum Gasteiger partial charge on any atom is 0.253 e. The molecule has 10 heteroatoms. The summed E-state index contributed by atoms with van der Waals surface area (Å²) in [5, 5.41) is 6.64. The van der Waals surface area contributed by atoms with Gasteiger partial charge in [-0.1, -0.05) is 60.1 Å². The van der Waals surface area contributed by atoms with E-state index in [4.69, 9.17) is 11.6 Å². The second kappa shape index (κ2) is 14.5. The molecule has 0 unspecified atom stereocenters. The minimum absolute atomic E-state index is 0.00787. The van der Waals surface area contributed by atoms with Crippen LogP contribution in [0.25, 0.3) is 11.1 Å². The molecule has 0 aliphatic carbocycles. The number of aromatic nitrogens is 1. The van der Waals surface area contributed by atoms with Gasteiger partial charge in [0.2, 0.25) is 11.7 Å². The first-order valence-electron chi connectivity index (χ1n) is 13.5. The van der Waals surface area contributed by atoms with Gasteiger partial charge in [-0.25, -0.2) is 8.78 Å². The van der Waals surface area contributed by atoms with Crippen molar-refractivity contribution in [3.63, 3.8) is 0 Å². The Morgan fingerprint density at radius 1 is 0.881 bits per heavy atom. The van der Waals surface area contributed by atoms with E-state index in [9.17, 15) is 23.2 Å². The molecule has 1 aliphatic rings. The fourth-order valence-corrected chi connectivity index (χ4v) is 4.75. The number of carbonyl (C=O) groups excluding carboxylic acids is 3. The highest BCUT2D eigenvalue weighted by atomic mass is 35.5. The Kier molecular flexibility index (Phi) is 10.6. The van der Waals surface area contributed by atoms with Crippen LogP contribution in [0, 0.1) is 18.6 Å². The van der Waals surface area contributed by atoms with E-state index < -0.39 is 23.3 Å². The van der Waals surface area contributed by atoms with Crippen molar-refractivity contribution in [1.29, 1.82) is 0 Å². The summed E-state index contributed by atoms with van der Waals surface area (Å²) in [5.74, 6) is -2.55. The molecule has 3 N–H and O–H groups in total. The molecule has 0 spiro atoms. The van der Waals surface area contributed by atoms with Crippen LogP contribution >= 0.6 is 11.6 Å². The van der Waals surface area contributed by atoms with Crippen LogP contribution in [0.4, 0.5) is 8.78 Å². The van der Waals surface area contributed by atoms with Gasteiger partial charge in [-0.15, -0.1) is 0 Å². The summed E-state index contributed by atoms with van der Waals surface area (Å²) in [7, 11) is 0. The number of carbonyl (C=O) groups is 3. The van der Waals surface area contributed by atoms with Crippen LogP contribution in [0.3, 0.4) is 0 Å². The van der Waals surface area contributed by atoms with Gasteiger partial charge in [0.15, 0.2) is 0 Å². The molecule has 42 heavy (non-hydrogen) atoms. The van der Waals surface area contributed by atoms with Crippen molar-refractivity contribution in [2.45, 2.75) is 13.3 Å². The molecule has 4 aromatic rings. The van der Waals surface area contributed by atoms with E-state index in [-0.39, 0.29) is 46.8 Å². The van der Waals surface area contributed by atoms with Crippen molar-refractivity contribution in [3.05, 3.63) is 118 Å². The Balaban J connectivity index is 0.000000507. The zero-order valence-corrected chi connectivity index (χ0v) is 23.8. The molecule has 7 nitrogen and oxygen atoms in total. The Morgan fingerprint density at radius 3 is 2.12 bits per heavy atom. The highest BCUT2D eigenvalue weighted by Gasteiger charge is 2.28. The molecule has 1 saturated heterocycles. The number of nitrogens with one attached hydrogen (secondary N) is 3. The number of amides is 2. The summed E-state index contributed by atoms with van der Waals surface area (Å²) in [4.78, 5) is 43.2. The molecule has 0 atom stereocenters. The summed E-state index contributed by atoms with van der Waals surface area (Å²) in [5.41, 5.74) is 0.109. The first-order chi connectivity index (χ1) is 20.3. The lowest BCUT2D eigenvalue weighted by atomic mass is 9.93. The summed E-state index contributed by atoms with van der Waals surface area (Å²) in [6.45, 7) is 4.13. The van der Waals surface area contributed by atoms with Gasteiger partial charge in [0.05, 0.1) is 11.3 Å². The topological polar surface area (TPSA) is 94.3 Å². The fourth-order valence-electron chi connectivity index (χ4n) is 4.60. The third-order valence-corrected chi connectivity index (χ3v) is 7.07. The van der Waals surface area contributed by atoms with Gasteiger partial charge in [0, 0.05) is 67.1 Å². The number of hydrogen-bond donors (Lipinski definition) is 3. The average Bonchev–Trinajstić information content (AvgIpc) is 3.45. The minimum Gasteiger partial charge on any atom is -0.357 e. The molecule has 218 valence electrons. The van der Waals surface area contributed by atoms with Gasteiger partial charge in [-0.3, -0.25) is 14.4 Å². The second-order valence-corrected chi connectivity index (χ2v) is 10.0. The van der Waals surface area contributed by atoms with Gasteiger partial charge in [-0.05, 0) is 36.8 Å². The van der Waals surface area contributed by atoms with Gasteiger partial charge >= 0.3 is 0 Å². The number of ketones is 1. The normalized spacial score (nSPS) is 12.7. The number of H-pyrrole nitrogens is 1. The summed E-state index contributed by atoms with van der Waals surface area (Å²) in [6.07, 6.45) is 1.41. The van der Waals surface area contributed by atoms with E-state index in [2.05, 4.69) is 15.6 Å². The van der Waals surface area contributed by atoms with Crippen LogP contribution in [0.1, 0.15) is 38.4 Å². The lowest BCUT2D eigenvalue weighted by Crippen LogP contribution is -2.47. The predicted molar refractivity (Wildman–Crippen MR) is 159 cm³/mol. The van der Waals surface area contributed by atoms with E-state index in [0.717, 1.165) is 30.2 Å². The lowest BCUT2D eigenvalue weighted by Gasteiger charge is -2.27. The smallest absolute Gasteiger partial charge is 0.253 e. The Labute approximate surface area is 247 Å². The molecule has 2 amide bonds. The number of benzene rings is 3. The number of aromatic amines is 1. The molecule has 0 radical (unpaired) electrons. The van der Waals surface area contributed by atoms with E-state index in [1.54, 1.807) is 35.2 Å². The van der Waals surface area contributed by atoms with Crippen LogP contribution < -0.4 is 10.6 Å². The van der Waals surface area contributed by atoms with E-state index in [1.807, 2.05) is 30.3 Å². The Hall–Kier alpha value is -4.34. The van der Waals surface area contributed by atoms with Crippen LogP contribution in [-0.2, 0) is 4.79 Å². The second-order valence-electron chi connectivity index (χ2n) is 9.61. The highest BCUT2D eigenvalue weighted by molar-refractivity contribution is 6.30. The van der Waals surface area contributed by atoms with Crippen molar-refractivity contribution in [2.24, 2.45) is 0 Å². The lowest BCUT2D eigenvalue weighted by molar-refractivity contribution is -0.131. The van der Waals surface area contributed by atoms with Crippen molar-refractivity contribution >= 4 is 29.2 Å². The molecule has 0 bridgehead atoms. The number of halogens is 3. The molecule has 3 aromatic carbocycles. The standard InChI is InChI=1S/C26H26F2N4O3.C6H5Cl/c1-16-19(27)7-8-20(28)22(16)23-18(15-31-24(23)25(34)17-5-3-2-4-6-17)26(35)30-10-9-21(33)32-13-11-29-12-14-32;7-6-4-2-1-3-5-6/h2-8,15,29,31H,9-14H2,1H3,(H,30,35);1-5H. The van der Waals surface area contributed by atoms with E-state index in [1.165, 1.54) is 13.1 Å². The van der Waals surface area contributed by atoms with E-state index in [0.29, 0.717) is 18.7 Å². The highest BCUT2D eigenvalue weighted by Crippen LogP contribution is 2.35. The van der Waals surface area contributed by atoms with Gasteiger partial charge in [0.25, 0.3) is 5.91 Å². The zero-order valence-electron chi connectivity index (χ0n) is 23.1. The Bertz CT molecular complexity index is 1540. The maximum absolute atomic E-state index is 15.0. The molecular formula is C32H31ClF2N4O3. The minimum atomic E-state index is -0.756. The van der Waals surface area contributed by atoms with Gasteiger partial charge in [-0.2, -0.15) is 0 Å². The fraction of sp³-hybridized carbons (Fsp3) is 0.219. The predicted octanol–water partition coefficient (Wildman–Crippen LogP) is 5.39. The molecular weight excluding hydrogens is 562 g/mol. The number of hydrogen-bond acceptors (Lipinski definition) is 4. The van der Waals surface area contributed by atoms with Crippen molar-refractivity contribution in [1.82, 2.24) is 20.5 Å². The first kappa shape index (κ1) is 30.6. The molecule has 2 heterocycles. The molecule has 1 aliphatic heterocycles. The molecule has 0 saturated carbocycles. The van der Waals surface area contributed by atoms with Crippen molar-refractivity contribution < 1.29 is 23.2 Å². The Morgan fingerprint density at radius 2 is 1.50 bits per heavy atom. The molecule has 1 aromatic heterocycles.